The number of benzene rings is 1. The van der Waals surface area contributed by atoms with Crippen LogP contribution in [0.1, 0.15) is 5.56 Å². The first-order valence-corrected chi connectivity index (χ1v) is 6.16. The lowest BCUT2D eigenvalue weighted by Gasteiger charge is -2.10. The van der Waals surface area contributed by atoms with Crippen LogP contribution in [0.4, 0.5) is 5.95 Å². The lowest BCUT2D eigenvalue weighted by Crippen LogP contribution is -2.10. The van der Waals surface area contributed by atoms with Crippen LogP contribution in [0.3, 0.4) is 0 Å². The number of ether oxygens (including phenoxy) is 1. The van der Waals surface area contributed by atoms with Gasteiger partial charge in [-0.2, -0.15) is 0 Å². The van der Waals surface area contributed by atoms with E-state index >= 15 is 0 Å². The zero-order valence-corrected chi connectivity index (χ0v) is 11.0. The van der Waals surface area contributed by atoms with E-state index in [0.717, 1.165) is 23.1 Å². The van der Waals surface area contributed by atoms with Gasteiger partial charge in [0.1, 0.15) is 0 Å². The Morgan fingerprint density at radius 3 is 3.00 bits per heavy atom. The summed E-state index contributed by atoms with van der Waals surface area (Å²) in [5, 5.41) is 4.04. The van der Waals surface area contributed by atoms with Gasteiger partial charge in [0.25, 0.3) is 0 Å². The van der Waals surface area contributed by atoms with Crippen molar-refractivity contribution in [3.05, 3.63) is 47.2 Å². The summed E-state index contributed by atoms with van der Waals surface area (Å²) in [7, 11) is 1.69. The van der Waals surface area contributed by atoms with E-state index in [1.807, 2.05) is 35.0 Å². The molecule has 0 radical (unpaired) electrons. The average molecular weight is 266 g/mol. The first kappa shape index (κ1) is 12.9. The largest absolute Gasteiger partial charge is 0.383 e. The third-order valence-corrected chi connectivity index (χ3v) is 3.02. The number of nitrogens with one attached hydrogen (secondary N) is 1. The summed E-state index contributed by atoms with van der Waals surface area (Å²) >= 11 is 6.10. The van der Waals surface area contributed by atoms with E-state index in [4.69, 9.17) is 16.3 Å². The molecule has 1 N–H and O–H groups in total. The monoisotopic (exact) mass is 265 g/mol. The van der Waals surface area contributed by atoms with E-state index in [-0.39, 0.29) is 0 Å². The Balaban J connectivity index is 1.98. The average Bonchev–Trinajstić information content (AvgIpc) is 2.83. The predicted molar refractivity (Wildman–Crippen MR) is 72.9 cm³/mol. The lowest BCUT2D eigenvalue weighted by atomic mass is 10.2. The molecule has 0 amide bonds. The summed E-state index contributed by atoms with van der Waals surface area (Å²) in [6, 6.07) is 7.78. The minimum absolute atomic E-state index is 0.656. The molecule has 0 bridgehead atoms. The maximum Gasteiger partial charge on any atom is 0.203 e. The molecule has 0 spiro atoms. The van der Waals surface area contributed by atoms with E-state index < -0.39 is 0 Å². The number of rotatable bonds is 6. The molecular weight excluding hydrogens is 250 g/mol. The molecule has 4 nitrogen and oxygen atoms in total. The van der Waals surface area contributed by atoms with Gasteiger partial charge < -0.3 is 14.6 Å². The molecule has 2 rings (SSSR count). The molecule has 2 aromatic rings. The van der Waals surface area contributed by atoms with Crippen LogP contribution in [-0.2, 0) is 17.8 Å². The van der Waals surface area contributed by atoms with Gasteiger partial charge in [-0.3, -0.25) is 0 Å². The van der Waals surface area contributed by atoms with Crippen molar-refractivity contribution in [1.82, 2.24) is 9.55 Å². The number of hydrogen-bond acceptors (Lipinski definition) is 3. The van der Waals surface area contributed by atoms with Gasteiger partial charge in [-0.05, 0) is 11.6 Å². The Morgan fingerprint density at radius 1 is 1.39 bits per heavy atom. The van der Waals surface area contributed by atoms with Gasteiger partial charge in [0.15, 0.2) is 0 Å². The Labute approximate surface area is 112 Å². The van der Waals surface area contributed by atoms with Gasteiger partial charge in [0.05, 0.1) is 6.61 Å². The Bertz CT molecular complexity index is 498. The van der Waals surface area contributed by atoms with Crippen LogP contribution in [0, 0.1) is 0 Å². The highest BCUT2D eigenvalue weighted by Gasteiger charge is 2.03. The van der Waals surface area contributed by atoms with E-state index in [9.17, 15) is 0 Å². The molecule has 0 unspecified atom stereocenters. The summed E-state index contributed by atoms with van der Waals surface area (Å²) in [5.41, 5.74) is 1.06. The van der Waals surface area contributed by atoms with Crippen LogP contribution in [-0.4, -0.2) is 23.3 Å². The fourth-order valence-corrected chi connectivity index (χ4v) is 1.87. The molecule has 0 aliphatic rings. The van der Waals surface area contributed by atoms with Crippen molar-refractivity contribution in [3.8, 4) is 0 Å². The fraction of sp³-hybridized carbons (Fsp3) is 0.308. The number of anilines is 1. The molecule has 0 saturated heterocycles. The van der Waals surface area contributed by atoms with Crippen molar-refractivity contribution in [2.75, 3.05) is 19.0 Å². The molecule has 5 heteroatoms. The highest BCUT2D eigenvalue weighted by Crippen LogP contribution is 2.16. The van der Waals surface area contributed by atoms with Crippen LogP contribution in [0.2, 0.25) is 5.02 Å². The summed E-state index contributed by atoms with van der Waals surface area (Å²) in [4.78, 5) is 4.27. The second kappa shape index (κ2) is 6.42. The van der Waals surface area contributed by atoms with Crippen molar-refractivity contribution >= 4 is 17.5 Å². The van der Waals surface area contributed by atoms with Gasteiger partial charge >= 0.3 is 0 Å². The highest BCUT2D eigenvalue weighted by atomic mass is 35.5. The van der Waals surface area contributed by atoms with Crippen LogP contribution in [0.25, 0.3) is 0 Å². The summed E-state index contributed by atoms with van der Waals surface area (Å²) in [5.74, 6) is 0.826. The molecular formula is C13H16ClN3O. The summed E-state index contributed by atoms with van der Waals surface area (Å²) in [6.45, 7) is 2.10. The van der Waals surface area contributed by atoms with Crippen molar-refractivity contribution in [2.45, 2.75) is 13.1 Å². The standard InChI is InChI=1S/C13H16ClN3O/c1-18-9-8-17-7-6-15-13(17)16-10-11-4-2-3-5-12(11)14/h2-7H,8-10H2,1H3,(H,15,16). The Morgan fingerprint density at radius 2 is 2.22 bits per heavy atom. The first-order valence-electron chi connectivity index (χ1n) is 5.78. The fourth-order valence-electron chi connectivity index (χ4n) is 1.66. The zero-order valence-electron chi connectivity index (χ0n) is 10.3. The SMILES string of the molecule is COCCn1ccnc1NCc1ccccc1Cl. The van der Waals surface area contributed by atoms with Crippen LogP contribution in [0.5, 0.6) is 0 Å². The highest BCUT2D eigenvalue weighted by molar-refractivity contribution is 6.31. The minimum atomic E-state index is 0.656. The van der Waals surface area contributed by atoms with Gasteiger partial charge in [-0.15, -0.1) is 0 Å². The number of hydrogen-bond donors (Lipinski definition) is 1. The maximum absolute atomic E-state index is 6.10. The molecule has 1 aromatic heterocycles. The molecule has 1 heterocycles. The first-order chi connectivity index (χ1) is 8.81. The number of halogens is 1. The van der Waals surface area contributed by atoms with Crippen LogP contribution < -0.4 is 5.32 Å². The molecule has 0 saturated carbocycles. The van der Waals surface area contributed by atoms with E-state index in [0.29, 0.717) is 13.2 Å². The molecule has 18 heavy (non-hydrogen) atoms. The van der Waals surface area contributed by atoms with Crippen LogP contribution >= 0.6 is 11.6 Å². The van der Waals surface area contributed by atoms with Crippen molar-refractivity contribution in [1.29, 1.82) is 0 Å². The normalized spacial score (nSPS) is 10.6. The second-order valence-corrected chi connectivity index (χ2v) is 4.29. The second-order valence-electron chi connectivity index (χ2n) is 3.88. The molecule has 1 aromatic carbocycles. The van der Waals surface area contributed by atoms with Gasteiger partial charge in [0.2, 0.25) is 5.95 Å². The van der Waals surface area contributed by atoms with Gasteiger partial charge in [-0.1, -0.05) is 29.8 Å². The topological polar surface area (TPSA) is 39.1 Å². The molecule has 0 aliphatic heterocycles. The quantitative estimate of drug-likeness (QED) is 0.873. The van der Waals surface area contributed by atoms with Crippen molar-refractivity contribution in [2.24, 2.45) is 0 Å². The zero-order chi connectivity index (χ0) is 12.8. The number of imidazole rings is 1. The maximum atomic E-state index is 6.10. The number of aromatic nitrogens is 2. The molecule has 0 atom stereocenters. The third kappa shape index (κ3) is 3.24. The number of methoxy groups -OCH3 is 1. The lowest BCUT2D eigenvalue weighted by molar-refractivity contribution is 0.187. The van der Waals surface area contributed by atoms with E-state index in [2.05, 4.69) is 10.3 Å². The summed E-state index contributed by atoms with van der Waals surface area (Å²) in [6.07, 6.45) is 3.69. The predicted octanol–water partition coefficient (Wildman–Crippen LogP) is 2.80. The smallest absolute Gasteiger partial charge is 0.203 e. The van der Waals surface area contributed by atoms with E-state index in [1.165, 1.54) is 0 Å². The van der Waals surface area contributed by atoms with Gasteiger partial charge in [-0.25, -0.2) is 4.98 Å². The summed E-state index contributed by atoms with van der Waals surface area (Å²) < 4.78 is 7.07. The van der Waals surface area contributed by atoms with E-state index in [1.54, 1.807) is 13.3 Å². The molecule has 0 aliphatic carbocycles. The van der Waals surface area contributed by atoms with Crippen molar-refractivity contribution in [3.63, 3.8) is 0 Å². The van der Waals surface area contributed by atoms with Crippen LogP contribution in [0.15, 0.2) is 36.7 Å². The number of nitrogens with zero attached hydrogens (tertiary/aromatic N) is 2. The Hall–Kier alpha value is -1.52. The minimum Gasteiger partial charge on any atom is -0.383 e. The molecule has 0 fully saturated rings. The Kier molecular flexibility index (Phi) is 4.61. The molecule has 96 valence electrons. The third-order valence-electron chi connectivity index (χ3n) is 2.65. The van der Waals surface area contributed by atoms with Crippen molar-refractivity contribution < 1.29 is 4.74 Å². The van der Waals surface area contributed by atoms with Gasteiger partial charge in [0, 0.05) is 37.6 Å².